The Morgan fingerprint density at radius 3 is 2.56 bits per heavy atom. The predicted molar refractivity (Wildman–Crippen MR) is 75.8 cm³/mol. The van der Waals surface area contributed by atoms with Gasteiger partial charge in [-0.25, -0.2) is 4.98 Å². The number of halogens is 1. The molecule has 0 aliphatic heterocycles. The first-order chi connectivity index (χ1) is 8.59. The number of anilines is 2. The van der Waals surface area contributed by atoms with E-state index in [2.05, 4.69) is 4.98 Å². The molecule has 0 aliphatic rings. The standard InChI is InChI=1S/C13H13ClN2OS/c1-9-8-18-13(15-9)16(12(17)10(2)14)11-6-4-3-5-7-11/h3-8,10H,1-2H3. The van der Waals surface area contributed by atoms with Gasteiger partial charge in [0.2, 0.25) is 0 Å². The SMILES string of the molecule is Cc1csc(N(C(=O)C(C)Cl)c2ccccc2)n1. The molecular weight excluding hydrogens is 268 g/mol. The monoisotopic (exact) mass is 280 g/mol. The fourth-order valence-corrected chi connectivity index (χ4v) is 2.45. The van der Waals surface area contributed by atoms with E-state index in [0.29, 0.717) is 5.13 Å². The van der Waals surface area contributed by atoms with Crippen molar-refractivity contribution < 1.29 is 4.79 Å². The number of carbonyl (C=O) groups excluding carboxylic acids is 1. The van der Waals surface area contributed by atoms with Gasteiger partial charge >= 0.3 is 0 Å². The number of carbonyl (C=O) groups is 1. The Bertz CT molecular complexity index is 539. The summed E-state index contributed by atoms with van der Waals surface area (Å²) in [6.45, 7) is 3.57. The van der Waals surface area contributed by atoms with Gasteiger partial charge in [-0.15, -0.1) is 22.9 Å². The first-order valence-electron chi connectivity index (χ1n) is 5.55. The molecule has 0 spiro atoms. The lowest BCUT2D eigenvalue weighted by atomic mass is 10.3. The van der Waals surface area contributed by atoms with Gasteiger partial charge in [0.15, 0.2) is 5.13 Å². The van der Waals surface area contributed by atoms with Gasteiger partial charge in [-0.1, -0.05) is 18.2 Å². The van der Waals surface area contributed by atoms with Gasteiger partial charge in [0.25, 0.3) is 5.91 Å². The summed E-state index contributed by atoms with van der Waals surface area (Å²) >= 11 is 7.35. The largest absolute Gasteiger partial charge is 0.272 e. The molecule has 1 aromatic carbocycles. The van der Waals surface area contributed by atoms with Crippen molar-refractivity contribution in [1.82, 2.24) is 4.98 Å². The quantitative estimate of drug-likeness (QED) is 0.803. The highest BCUT2D eigenvalue weighted by Crippen LogP contribution is 2.29. The minimum absolute atomic E-state index is 0.169. The Morgan fingerprint density at radius 1 is 1.39 bits per heavy atom. The zero-order valence-electron chi connectivity index (χ0n) is 10.1. The molecule has 0 aliphatic carbocycles. The highest BCUT2D eigenvalue weighted by atomic mass is 35.5. The fraction of sp³-hybridized carbons (Fsp3) is 0.231. The Labute approximate surface area is 115 Å². The van der Waals surface area contributed by atoms with E-state index in [0.717, 1.165) is 11.4 Å². The van der Waals surface area contributed by atoms with Gasteiger partial charge < -0.3 is 0 Å². The van der Waals surface area contributed by atoms with Crippen LogP contribution in [0, 0.1) is 6.92 Å². The van der Waals surface area contributed by atoms with E-state index < -0.39 is 5.38 Å². The van der Waals surface area contributed by atoms with Crippen LogP contribution >= 0.6 is 22.9 Å². The highest BCUT2D eigenvalue weighted by Gasteiger charge is 2.24. The van der Waals surface area contributed by atoms with E-state index in [4.69, 9.17) is 11.6 Å². The van der Waals surface area contributed by atoms with Gasteiger partial charge in [-0.3, -0.25) is 9.69 Å². The number of para-hydroxylation sites is 1. The summed E-state index contributed by atoms with van der Waals surface area (Å²) in [6.07, 6.45) is 0. The van der Waals surface area contributed by atoms with E-state index >= 15 is 0 Å². The zero-order chi connectivity index (χ0) is 13.1. The van der Waals surface area contributed by atoms with Crippen LogP contribution in [0.25, 0.3) is 0 Å². The minimum atomic E-state index is -0.589. The first-order valence-corrected chi connectivity index (χ1v) is 6.86. The van der Waals surface area contributed by atoms with Gasteiger partial charge in [0.05, 0.1) is 11.4 Å². The van der Waals surface area contributed by atoms with E-state index in [1.165, 1.54) is 11.3 Å². The summed E-state index contributed by atoms with van der Waals surface area (Å²) in [7, 11) is 0. The summed E-state index contributed by atoms with van der Waals surface area (Å²) in [5.41, 5.74) is 1.68. The van der Waals surface area contributed by atoms with Crippen molar-refractivity contribution in [3.63, 3.8) is 0 Å². The number of benzene rings is 1. The van der Waals surface area contributed by atoms with Gasteiger partial charge in [-0.05, 0) is 26.0 Å². The molecule has 2 aromatic rings. The molecule has 18 heavy (non-hydrogen) atoms. The molecule has 0 fully saturated rings. The Balaban J connectivity index is 2.44. The van der Waals surface area contributed by atoms with Crippen molar-refractivity contribution in [3.8, 4) is 0 Å². The van der Waals surface area contributed by atoms with Crippen LogP contribution in [0.5, 0.6) is 0 Å². The van der Waals surface area contributed by atoms with Crippen LogP contribution in [-0.2, 0) is 4.79 Å². The van der Waals surface area contributed by atoms with Crippen LogP contribution in [-0.4, -0.2) is 16.3 Å². The number of nitrogens with zero attached hydrogens (tertiary/aromatic N) is 2. The number of alkyl halides is 1. The summed E-state index contributed by atoms with van der Waals surface area (Å²) in [4.78, 5) is 18.1. The van der Waals surface area contributed by atoms with E-state index in [1.807, 2.05) is 42.6 Å². The van der Waals surface area contributed by atoms with Crippen molar-refractivity contribution >= 4 is 39.7 Å². The summed E-state index contributed by atoms with van der Waals surface area (Å²) in [6, 6.07) is 9.41. The van der Waals surface area contributed by atoms with Crippen LogP contribution in [0.1, 0.15) is 12.6 Å². The average molecular weight is 281 g/mol. The molecule has 0 radical (unpaired) electrons. The van der Waals surface area contributed by atoms with E-state index in [-0.39, 0.29) is 5.91 Å². The molecule has 1 atom stereocenters. The second kappa shape index (κ2) is 5.50. The molecule has 2 rings (SSSR count). The first kappa shape index (κ1) is 13.1. The number of hydrogen-bond donors (Lipinski definition) is 0. The number of hydrogen-bond acceptors (Lipinski definition) is 3. The van der Waals surface area contributed by atoms with Gasteiger partial charge in [0.1, 0.15) is 5.38 Å². The smallest absolute Gasteiger partial charge is 0.251 e. The second-order valence-corrected chi connectivity index (χ2v) is 5.39. The fourth-order valence-electron chi connectivity index (χ4n) is 1.53. The number of rotatable bonds is 3. The molecule has 1 unspecified atom stereocenters. The minimum Gasteiger partial charge on any atom is -0.272 e. The van der Waals surface area contributed by atoms with Crippen LogP contribution in [0.2, 0.25) is 0 Å². The van der Waals surface area contributed by atoms with Crippen molar-refractivity contribution in [2.24, 2.45) is 0 Å². The topological polar surface area (TPSA) is 33.2 Å². The molecule has 0 bridgehead atoms. The molecular formula is C13H13ClN2OS. The molecule has 1 heterocycles. The average Bonchev–Trinajstić information content (AvgIpc) is 2.77. The summed E-state index contributed by atoms with van der Waals surface area (Å²) in [5.74, 6) is -0.169. The second-order valence-electron chi connectivity index (χ2n) is 3.90. The predicted octanol–water partition coefficient (Wildman–Crippen LogP) is 3.74. The maximum atomic E-state index is 12.2. The molecule has 1 aromatic heterocycles. The highest BCUT2D eigenvalue weighted by molar-refractivity contribution is 7.14. The van der Waals surface area contributed by atoms with Gasteiger partial charge in [-0.2, -0.15) is 0 Å². The molecule has 0 saturated heterocycles. The lowest BCUT2D eigenvalue weighted by Crippen LogP contribution is -2.31. The molecule has 5 heteroatoms. The van der Waals surface area contributed by atoms with Crippen molar-refractivity contribution in [1.29, 1.82) is 0 Å². The van der Waals surface area contributed by atoms with Crippen molar-refractivity contribution in [2.75, 3.05) is 4.90 Å². The van der Waals surface area contributed by atoms with Crippen molar-refractivity contribution in [3.05, 3.63) is 41.4 Å². The number of thiazole rings is 1. The Hall–Kier alpha value is -1.39. The Morgan fingerprint density at radius 2 is 2.06 bits per heavy atom. The number of aryl methyl sites for hydroxylation is 1. The van der Waals surface area contributed by atoms with Gasteiger partial charge in [0, 0.05) is 5.38 Å². The number of amides is 1. The third-order valence-electron chi connectivity index (χ3n) is 2.37. The lowest BCUT2D eigenvalue weighted by Gasteiger charge is -2.21. The lowest BCUT2D eigenvalue weighted by molar-refractivity contribution is -0.117. The molecule has 0 N–H and O–H groups in total. The molecule has 0 saturated carbocycles. The Kier molecular flexibility index (Phi) is 3.99. The summed E-state index contributed by atoms with van der Waals surface area (Å²) < 4.78 is 0. The number of aromatic nitrogens is 1. The van der Waals surface area contributed by atoms with Crippen LogP contribution in [0.4, 0.5) is 10.8 Å². The maximum absolute atomic E-state index is 12.2. The van der Waals surface area contributed by atoms with Crippen molar-refractivity contribution in [2.45, 2.75) is 19.2 Å². The normalized spacial score (nSPS) is 12.2. The molecule has 1 amide bonds. The molecule has 94 valence electrons. The third kappa shape index (κ3) is 2.71. The van der Waals surface area contributed by atoms with Crippen LogP contribution in [0.15, 0.2) is 35.7 Å². The molecule has 3 nitrogen and oxygen atoms in total. The van der Waals surface area contributed by atoms with E-state index in [9.17, 15) is 4.79 Å². The van der Waals surface area contributed by atoms with E-state index in [1.54, 1.807) is 11.8 Å². The zero-order valence-corrected chi connectivity index (χ0v) is 11.7. The summed E-state index contributed by atoms with van der Waals surface area (Å²) in [5, 5.41) is 1.97. The maximum Gasteiger partial charge on any atom is 0.251 e. The van der Waals surface area contributed by atoms with Crippen LogP contribution < -0.4 is 4.90 Å². The third-order valence-corrected chi connectivity index (χ3v) is 3.50. The van der Waals surface area contributed by atoms with Crippen LogP contribution in [0.3, 0.4) is 0 Å².